The zero-order valence-corrected chi connectivity index (χ0v) is 17.5. The molecule has 4 heteroatoms. The van der Waals surface area contributed by atoms with Gasteiger partial charge in [0.25, 0.3) is 0 Å². The Morgan fingerprint density at radius 2 is 1.89 bits per heavy atom. The Kier molecular flexibility index (Phi) is 6.64. The molecule has 0 spiro atoms. The third kappa shape index (κ3) is 5.35. The van der Waals surface area contributed by atoms with Crippen LogP contribution in [0, 0.1) is 6.92 Å². The van der Waals surface area contributed by atoms with E-state index in [2.05, 4.69) is 58.0 Å². The quantitative estimate of drug-likeness (QED) is 0.752. The summed E-state index contributed by atoms with van der Waals surface area (Å²) >= 11 is 1.74. The molecule has 1 fully saturated rings. The van der Waals surface area contributed by atoms with E-state index in [-0.39, 0.29) is 29.7 Å². The summed E-state index contributed by atoms with van der Waals surface area (Å²) < 4.78 is 12.2. The van der Waals surface area contributed by atoms with E-state index in [1.54, 1.807) is 11.8 Å². The van der Waals surface area contributed by atoms with Crippen LogP contribution in [0.3, 0.4) is 0 Å². The van der Waals surface area contributed by atoms with Crippen LogP contribution in [0.1, 0.15) is 43.9 Å². The minimum absolute atomic E-state index is 0.00292. The van der Waals surface area contributed by atoms with E-state index in [9.17, 15) is 5.11 Å². The second-order valence-corrected chi connectivity index (χ2v) is 9.41. The first-order valence-electron chi connectivity index (χ1n) is 9.56. The van der Waals surface area contributed by atoms with Gasteiger partial charge in [0.2, 0.25) is 0 Å². The summed E-state index contributed by atoms with van der Waals surface area (Å²) in [5.41, 5.74) is 3.83. The molecule has 1 unspecified atom stereocenters. The highest BCUT2D eigenvalue weighted by Gasteiger charge is 2.36. The minimum Gasteiger partial charge on any atom is -0.394 e. The summed E-state index contributed by atoms with van der Waals surface area (Å²) in [7, 11) is 0. The molecule has 0 aromatic heterocycles. The Balaban J connectivity index is 1.65. The summed E-state index contributed by atoms with van der Waals surface area (Å²) in [5.74, 6) is 0. The highest BCUT2D eigenvalue weighted by Crippen LogP contribution is 2.38. The van der Waals surface area contributed by atoms with E-state index in [1.165, 1.54) is 16.0 Å². The van der Waals surface area contributed by atoms with Crippen molar-refractivity contribution in [2.75, 3.05) is 6.61 Å². The van der Waals surface area contributed by atoms with Crippen molar-refractivity contribution in [2.45, 2.75) is 68.7 Å². The van der Waals surface area contributed by atoms with Crippen LogP contribution < -0.4 is 0 Å². The van der Waals surface area contributed by atoms with Gasteiger partial charge in [0, 0.05) is 11.3 Å². The maximum absolute atomic E-state index is 9.71. The number of hydrogen-bond donors (Lipinski definition) is 1. The first-order chi connectivity index (χ1) is 12.9. The van der Waals surface area contributed by atoms with E-state index in [4.69, 9.17) is 9.47 Å². The van der Waals surface area contributed by atoms with Gasteiger partial charge in [-0.15, -0.1) is 0 Å². The van der Waals surface area contributed by atoms with Crippen molar-refractivity contribution in [3.8, 4) is 0 Å². The summed E-state index contributed by atoms with van der Waals surface area (Å²) in [6.07, 6.45) is 0.429. The van der Waals surface area contributed by atoms with Gasteiger partial charge in [-0.3, -0.25) is 0 Å². The van der Waals surface area contributed by atoms with Crippen molar-refractivity contribution in [3.63, 3.8) is 0 Å². The lowest BCUT2D eigenvalue weighted by atomic mass is 9.87. The molecule has 0 aliphatic carbocycles. The van der Waals surface area contributed by atoms with Gasteiger partial charge in [-0.25, -0.2) is 0 Å². The van der Waals surface area contributed by atoms with Gasteiger partial charge in [0.05, 0.1) is 19.3 Å². The van der Waals surface area contributed by atoms with Gasteiger partial charge >= 0.3 is 0 Å². The van der Waals surface area contributed by atoms with Crippen LogP contribution >= 0.6 is 11.8 Å². The molecule has 0 bridgehead atoms. The number of aliphatic hydroxyl groups excluding tert-OH is 1. The molecule has 2 aromatic rings. The molecular formula is C23H30O3S. The summed E-state index contributed by atoms with van der Waals surface area (Å²) in [4.78, 5) is 1.24. The van der Waals surface area contributed by atoms with Crippen LogP contribution in [0.2, 0.25) is 0 Å². The van der Waals surface area contributed by atoms with Crippen molar-refractivity contribution in [1.82, 2.24) is 0 Å². The van der Waals surface area contributed by atoms with Crippen molar-refractivity contribution in [2.24, 2.45) is 0 Å². The molecule has 0 amide bonds. The molecule has 1 aliphatic rings. The van der Waals surface area contributed by atoms with Crippen LogP contribution in [-0.2, 0) is 21.5 Å². The second-order valence-electron chi connectivity index (χ2n) is 8.21. The predicted molar refractivity (Wildman–Crippen MR) is 111 cm³/mol. The third-order valence-corrected chi connectivity index (χ3v) is 6.23. The average Bonchev–Trinajstić information content (AvgIpc) is 3.03. The largest absolute Gasteiger partial charge is 0.394 e. The number of thioether (sulfide) groups is 1. The number of aryl methyl sites for hydroxylation is 1. The SMILES string of the molecule is Cc1ccc(C(C)(C)C)cc1SC1C[C@H](OCc2ccccc2)[C@@H](CO)O1. The first-order valence-corrected chi connectivity index (χ1v) is 10.4. The molecule has 3 rings (SSSR count). The maximum Gasteiger partial charge on any atom is 0.110 e. The highest BCUT2D eigenvalue weighted by atomic mass is 32.2. The lowest BCUT2D eigenvalue weighted by molar-refractivity contribution is -0.0425. The van der Waals surface area contributed by atoms with E-state index < -0.39 is 0 Å². The van der Waals surface area contributed by atoms with Gasteiger partial charge in [-0.2, -0.15) is 0 Å². The van der Waals surface area contributed by atoms with Crippen molar-refractivity contribution in [3.05, 3.63) is 65.2 Å². The average molecular weight is 387 g/mol. The van der Waals surface area contributed by atoms with Gasteiger partial charge in [-0.1, -0.05) is 75.0 Å². The summed E-state index contributed by atoms with van der Waals surface area (Å²) in [6, 6.07) is 16.8. The Bertz CT molecular complexity index is 739. The number of aliphatic hydroxyl groups is 1. The minimum atomic E-state index is -0.266. The van der Waals surface area contributed by atoms with E-state index in [0.717, 1.165) is 12.0 Å². The first kappa shape index (κ1) is 20.4. The summed E-state index contributed by atoms with van der Waals surface area (Å²) in [5, 5.41) is 9.71. The Labute approximate surface area is 167 Å². The molecule has 2 aromatic carbocycles. The van der Waals surface area contributed by atoms with Crippen LogP contribution in [0.25, 0.3) is 0 Å². The molecule has 27 heavy (non-hydrogen) atoms. The fourth-order valence-electron chi connectivity index (χ4n) is 3.20. The lowest BCUT2D eigenvalue weighted by Gasteiger charge is -2.21. The molecule has 1 heterocycles. The van der Waals surface area contributed by atoms with Gasteiger partial charge < -0.3 is 14.6 Å². The molecule has 0 radical (unpaired) electrons. The van der Waals surface area contributed by atoms with E-state index >= 15 is 0 Å². The van der Waals surface area contributed by atoms with Crippen molar-refractivity contribution >= 4 is 11.8 Å². The van der Waals surface area contributed by atoms with E-state index in [0.29, 0.717) is 6.61 Å². The highest BCUT2D eigenvalue weighted by molar-refractivity contribution is 7.99. The number of ether oxygens (including phenoxy) is 2. The van der Waals surface area contributed by atoms with Gasteiger partial charge in [0.15, 0.2) is 0 Å². The molecule has 146 valence electrons. The molecule has 0 saturated carbocycles. The van der Waals surface area contributed by atoms with Crippen molar-refractivity contribution in [1.29, 1.82) is 0 Å². The second kappa shape index (κ2) is 8.78. The standard InChI is InChI=1S/C23H30O3S/c1-16-10-11-18(23(2,3)4)12-21(16)27-22-13-19(20(14-24)26-22)25-15-17-8-6-5-7-9-17/h5-12,19-20,22,24H,13-15H2,1-4H3/t19-,20+,22?/m0/s1. The van der Waals surface area contributed by atoms with Gasteiger partial charge in [0.1, 0.15) is 11.5 Å². The van der Waals surface area contributed by atoms with Crippen LogP contribution in [0.4, 0.5) is 0 Å². The van der Waals surface area contributed by atoms with Crippen molar-refractivity contribution < 1.29 is 14.6 Å². The third-order valence-electron chi connectivity index (χ3n) is 4.97. The molecule has 3 atom stereocenters. The Morgan fingerprint density at radius 3 is 2.56 bits per heavy atom. The zero-order valence-electron chi connectivity index (χ0n) is 16.6. The fourth-order valence-corrected chi connectivity index (χ4v) is 4.42. The lowest BCUT2D eigenvalue weighted by Crippen LogP contribution is -2.27. The normalized spacial score (nSPS) is 22.9. The van der Waals surface area contributed by atoms with Crippen LogP contribution in [0.15, 0.2) is 53.4 Å². The monoisotopic (exact) mass is 386 g/mol. The summed E-state index contributed by atoms with van der Waals surface area (Å²) in [6.45, 7) is 9.35. The Hall–Kier alpha value is -1.33. The van der Waals surface area contributed by atoms with Gasteiger partial charge in [-0.05, 0) is 35.1 Å². The molecule has 3 nitrogen and oxygen atoms in total. The molecule has 1 aliphatic heterocycles. The number of benzene rings is 2. The predicted octanol–water partition coefficient (Wildman–Crippen LogP) is 5.08. The topological polar surface area (TPSA) is 38.7 Å². The molecule has 1 saturated heterocycles. The smallest absolute Gasteiger partial charge is 0.110 e. The number of rotatable bonds is 6. The molecule has 1 N–H and O–H groups in total. The molecular weight excluding hydrogens is 356 g/mol. The number of hydrogen-bond acceptors (Lipinski definition) is 4. The van der Waals surface area contributed by atoms with Crippen LogP contribution in [-0.4, -0.2) is 29.4 Å². The zero-order chi connectivity index (χ0) is 19.4. The van der Waals surface area contributed by atoms with Crippen LogP contribution in [0.5, 0.6) is 0 Å². The maximum atomic E-state index is 9.71. The Morgan fingerprint density at radius 1 is 1.15 bits per heavy atom. The van der Waals surface area contributed by atoms with E-state index in [1.807, 2.05) is 18.2 Å². The fraction of sp³-hybridized carbons (Fsp3) is 0.478.